The van der Waals surface area contributed by atoms with Gasteiger partial charge in [0.15, 0.2) is 5.78 Å². The molecule has 0 radical (unpaired) electrons. The van der Waals surface area contributed by atoms with Gasteiger partial charge in [0, 0.05) is 49.6 Å². The molecule has 2 N–H and O–H groups in total. The van der Waals surface area contributed by atoms with Gasteiger partial charge in [0.25, 0.3) is 5.91 Å². The Morgan fingerprint density at radius 2 is 1.87 bits per heavy atom. The van der Waals surface area contributed by atoms with Gasteiger partial charge in [-0.15, -0.1) is 0 Å². The van der Waals surface area contributed by atoms with Gasteiger partial charge in [-0.05, 0) is 76.2 Å². The number of rotatable bonds is 10. The van der Waals surface area contributed by atoms with Crippen molar-refractivity contribution in [3.05, 3.63) is 76.5 Å². The lowest BCUT2D eigenvalue weighted by Crippen LogP contribution is -2.29. The van der Waals surface area contributed by atoms with Crippen LogP contribution in [-0.2, 0) is 11.3 Å². The first-order chi connectivity index (χ1) is 18.2. The largest absolute Gasteiger partial charge is 0.348 e. The predicted molar refractivity (Wildman–Crippen MR) is 154 cm³/mol. The quantitative estimate of drug-likeness (QED) is 0.403. The molecule has 2 aromatic carbocycles. The molecule has 0 spiro atoms. The minimum atomic E-state index is -0.206. The second-order valence-electron chi connectivity index (χ2n) is 10.6. The van der Waals surface area contributed by atoms with Crippen molar-refractivity contribution >= 4 is 22.6 Å². The maximum absolute atomic E-state index is 13.5. The van der Waals surface area contributed by atoms with Gasteiger partial charge in [-0.2, -0.15) is 5.10 Å². The van der Waals surface area contributed by atoms with E-state index in [1.54, 1.807) is 6.20 Å². The van der Waals surface area contributed by atoms with Crippen LogP contribution in [-0.4, -0.2) is 60.1 Å². The fraction of sp³-hybridized carbons (Fsp3) is 0.387. The zero-order chi connectivity index (χ0) is 27.4. The van der Waals surface area contributed by atoms with Gasteiger partial charge in [-0.1, -0.05) is 35.9 Å². The first-order valence-electron chi connectivity index (χ1n) is 13.3. The number of Topliss-reactive ketones (excluding diaryl/α,β-unsaturated/α-hetero) is 1. The number of benzene rings is 2. The molecule has 1 amide bonds. The molecule has 0 atom stereocenters. The van der Waals surface area contributed by atoms with Gasteiger partial charge < -0.3 is 15.5 Å². The SMILES string of the molecule is CNCCN(C)Cc1ccc(-c2cc(C(=O)NCC3=C(C)C=C(C)CC3=O)c3cnn(C(C)C)c3c2)cc1. The molecule has 0 aliphatic heterocycles. The van der Waals surface area contributed by atoms with E-state index in [0.717, 1.165) is 52.8 Å². The molecular weight excluding hydrogens is 474 g/mol. The van der Waals surface area contributed by atoms with Crippen LogP contribution in [0.2, 0.25) is 0 Å². The summed E-state index contributed by atoms with van der Waals surface area (Å²) in [6.07, 6.45) is 4.20. The monoisotopic (exact) mass is 513 g/mol. The number of amides is 1. The van der Waals surface area contributed by atoms with Gasteiger partial charge in [0.05, 0.1) is 17.3 Å². The van der Waals surface area contributed by atoms with Crippen LogP contribution in [0, 0.1) is 0 Å². The summed E-state index contributed by atoms with van der Waals surface area (Å²) in [5, 5.41) is 11.6. The second kappa shape index (κ2) is 11.9. The first kappa shape index (κ1) is 27.5. The number of fused-ring (bicyclic) bond motifs is 1. The smallest absolute Gasteiger partial charge is 0.252 e. The van der Waals surface area contributed by atoms with Gasteiger partial charge in [-0.3, -0.25) is 14.3 Å². The number of ketones is 1. The molecule has 1 aliphatic rings. The molecule has 0 unspecified atom stereocenters. The molecule has 7 heteroatoms. The van der Waals surface area contributed by atoms with Crippen molar-refractivity contribution in [2.75, 3.05) is 33.7 Å². The number of allylic oxidation sites excluding steroid dienone is 3. The van der Waals surface area contributed by atoms with E-state index in [-0.39, 0.29) is 24.3 Å². The number of nitrogens with one attached hydrogen (secondary N) is 2. The summed E-state index contributed by atoms with van der Waals surface area (Å²) in [4.78, 5) is 28.4. The fourth-order valence-electron chi connectivity index (χ4n) is 5.00. The number of aromatic nitrogens is 2. The van der Waals surface area contributed by atoms with Gasteiger partial charge in [-0.25, -0.2) is 0 Å². The average Bonchev–Trinajstić information content (AvgIpc) is 3.31. The summed E-state index contributed by atoms with van der Waals surface area (Å²) in [7, 11) is 4.08. The Labute approximate surface area is 225 Å². The lowest BCUT2D eigenvalue weighted by atomic mass is 9.92. The molecule has 38 heavy (non-hydrogen) atoms. The van der Waals surface area contributed by atoms with E-state index in [1.807, 2.05) is 37.7 Å². The van der Waals surface area contributed by atoms with Crippen molar-refractivity contribution in [2.24, 2.45) is 0 Å². The van der Waals surface area contributed by atoms with Crippen LogP contribution in [0.5, 0.6) is 0 Å². The van der Waals surface area contributed by atoms with E-state index in [0.29, 0.717) is 17.6 Å². The lowest BCUT2D eigenvalue weighted by Gasteiger charge is -2.17. The van der Waals surface area contributed by atoms with Crippen LogP contribution >= 0.6 is 0 Å². The molecule has 1 aliphatic carbocycles. The van der Waals surface area contributed by atoms with Crippen molar-refractivity contribution < 1.29 is 9.59 Å². The van der Waals surface area contributed by atoms with Gasteiger partial charge >= 0.3 is 0 Å². The zero-order valence-electron chi connectivity index (χ0n) is 23.4. The van der Waals surface area contributed by atoms with Gasteiger partial charge in [0.1, 0.15) is 0 Å². The Kier molecular flexibility index (Phi) is 8.59. The van der Waals surface area contributed by atoms with Crippen molar-refractivity contribution in [1.29, 1.82) is 0 Å². The number of likely N-dealkylation sites (N-methyl/N-ethyl adjacent to an activating group) is 2. The highest BCUT2D eigenvalue weighted by Crippen LogP contribution is 2.30. The number of nitrogens with zero attached hydrogens (tertiary/aromatic N) is 3. The van der Waals surface area contributed by atoms with Crippen LogP contribution in [0.25, 0.3) is 22.0 Å². The first-order valence-corrected chi connectivity index (χ1v) is 13.3. The standard InChI is InChI=1S/C31H39N5O2/c1-20(2)36-29-16-25(24-9-7-23(8-10-24)19-35(6)12-11-32-5)15-26(28(29)18-34-36)31(38)33-17-27-22(4)13-21(3)14-30(27)37/h7-10,13,15-16,18,20,32H,11-12,14,17,19H2,1-6H3,(H,33,38). The van der Waals surface area contributed by atoms with E-state index < -0.39 is 0 Å². The maximum atomic E-state index is 13.5. The number of carbonyl (C=O) groups is 2. The Balaban J connectivity index is 1.64. The number of hydrogen-bond acceptors (Lipinski definition) is 5. The Morgan fingerprint density at radius 1 is 1.13 bits per heavy atom. The molecule has 1 aromatic heterocycles. The van der Waals surface area contributed by atoms with Crippen molar-refractivity contribution in [3.8, 4) is 11.1 Å². The van der Waals surface area contributed by atoms with Crippen LogP contribution in [0.15, 0.2) is 65.4 Å². The van der Waals surface area contributed by atoms with Crippen molar-refractivity contribution in [3.63, 3.8) is 0 Å². The highest BCUT2D eigenvalue weighted by atomic mass is 16.2. The van der Waals surface area contributed by atoms with E-state index in [1.165, 1.54) is 5.56 Å². The van der Waals surface area contributed by atoms with Crippen LogP contribution in [0.3, 0.4) is 0 Å². The summed E-state index contributed by atoms with van der Waals surface area (Å²) >= 11 is 0. The molecule has 4 rings (SSSR count). The number of hydrogen-bond donors (Lipinski definition) is 2. The average molecular weight is 514 g/mol. The van der Waals surface area contributed by atoms with E-state index in [2.05, 4.69) is 71.9 Å². The fourth-order valence-corrected chi connectivity index (χ4v) is 5.00. The van der Waals surface area contributed by atoms with Gasteiger partial charge in [0.2, 0.25) is 0 Å². The Hall–Kier alpha value is -3.55. The van der Waals surface area contributed by atoms with E-state index in [9.17, 15) is 9.59 Å². The van der Waals surface area contributed by atoms with Crippen molar-refractivity contribution in [2.45, 2.75) is 46.7 Å². The molecule has 200 valence electrons. The second-order valence-corrected chi connectivity index (χ2v) is 10.6. The summed E-state index contributed by atoms with van der Waals surface area (Å²) in [6.45, 7) is 11.1. The van der Waals surface area contributed by atoms with Crippen LogP contribution in [0.1, 0.15) is 56.1 Å². The lowest BCUT2D eigenvalue weighted by molar-refractivity contribution is -0.115. The topological polar surface area (TPSA) is 79.3 Å². The van der Waals surface area contributed by atoms with Crippen molar-refractivity contribution in [1.82, 2.24) is 25.3 Å². The normalized spacial score (nSPS) is 14.1. The summed E-state index contributed by atoms with van der Waals surface area (Å²) in [5.41, 5.74) is 7.36. The van der Waals surface area contributed by atoms with E-state index >= 15 is 0 Å². The molecule has 0 saturated heterocycles. The molecule has 0 saturated carbocycles. The molecule has 3 aromatic rings. The third kappa shape index (κ3) is 6.11. The molecular formula is C31H39N5O2. The molecule has 7 nitrogen and oxygen atoms in total. The minimum absolute atomic E-state index is 0.0750. The summed E-state index contributed by atoms with van der Waals surface area (Å²) in [6, 6.07) is 12.7. The maximum Gasteiger partial charge on any atom is 0.252 e. The molecule has 0 fully saturated rings. The molecule has 1 heterocycles. The van der Waals surface area contributed by atoms with Crippen LogP contribution < -0.4 is 10.6 Å². The highest BCUT2D eigenvalue weighted by Gasteiger charge is 2.21. The third-order valence-corrected chi connectivity index (χ3v) is 7.07. The van der Waals surface area contributed by atoms with E-state index in [4.69, 9.17) is 0 Å². The minimum Gasteiger partial charge on any atom is -0.348 e. The summed E-state index contributed by atoms with van der Waals surface area (Å²) < 4.78 is 1.95. The summed E-state index contributed by atoms with van der Waals surface area (Å²) in [5.74, 6) is -0.131. The third-order valence-electron chi connectivity index (χ3n) is 7.07. The Bertz CT molecular complexity index is 1400. The van der Waals surface area contributed by atoms with Crippen LogP contribution in [0.4, 0.5) is 0 Å². The Morgan fingerprint density at radius 3 is 2.53 bits per heavy atom. The zero-order valence-corrected chi connectivity index (χ0v) is 23.4. The predicted octanol–water partition coefficient (Wildman–Crippen LogP) is 4.90. The molecule has 0 bridgehead atoms. The number of carbonyl (C=O) groups excluding carboxylic acids is 2. The highest BCUT2D eigenvalue weighted by molar-refractivity contribution is 6.08.